The van der Waals surface area contributed by atoms with Crippen molar-refractivity contribution in [3.63, 3.8) is 0 Å². The molecule has 160 valence electrons. The summed E-state index contributed by atoms with van der Waals surface area (Å²) in [6, 6.07) is 30.1. The van der Waals surface area contributed by atoms with Gasteiger partial charge < -0.3 is 11.5 Å². The Balaban J connectivity index is 1.74. The summed E-state index contributed by atoms with van der Waals surface area (Å²) < 4.78 is 0. The van der Waals surface area contributed by atoms with Gasteiger partial charge in [0.05, 0.1) is 11.4 Å². The molecular formula is C28H28N4. The lowest BCUT2D eigenvalue weighted by Crippen LogP contribution is -2.10. The molecule has 0 spiro atoms. The van der Waals surface area contributed by atoms with E-state index in [0.29, 0.717) is 0 Å². The van der Waals surface area contributed by atoms with E-state index < -0.39 is 0 Å². The van der Waals surface area contributed by atoms with Crippen LogP contribution >= 0.6 is 0 Å². The summed E-state index contributed by atoms with van der Waals surface area (Å²) in [5.41, 5.74) is 20.4. The van der Waals surface area contributed by atoms with Crippen LogP contribution in [0.3, 0.4) is 0 Å². The van der Waals surface area contributed by atoms with Crippen LogP contribution in [-0.4, -0.2) is 0 Å². The molecule has 0 aliphatic rings. The number of hydrogen-bond donors (Lipinski definition) is 2. The average molecular weight is 421 g/mol. The van der Waals surface area contributed by atoms with Gasteiger partial charge in [-0.25, -0.2) is 0 Å². The zero-order chi connectivity index (χ0) is 22.7. The standard InChI is InChI=1S/C28H28N4/c1-28(2,3)22-9-15-25(16-10-22)31-32-27-18-21(19-4-11-23(29)12-5-19)8-17-26(27)20-6-13-24(30)14-7-20/h4-18H,29-30H2,1-3H3. The highest BCUT2D eigenvalue weighted by molar-refractivity contribution is 5.81. The average Bonchev–Trinajstić information content (AvgIpc) is 2.78. The molecule has 0 aliphatic heterocycles. The van der Waals surface area contributed by atoms with E-state index in [1.165, 1.54) is 5.56 Å². The lowest BCUT2D eigenvalue weighted by Gasteiger charge is -2.18. The molecule has 0 unspecified atom stereocenters. The van der Waals surface area contributed by atoms with Crippen molar-refractivity contribution in [2.24, 2.45) is 10.2 Å². The summed E-state index contributed by atoms with van der Waals surface area (Å²) in [7, 11) is 0. The van der Waals surface area contributed by atoms with Crippen molar-refractivity contribution < 1.29 is 0 Å². The van der Waals surface area contributed by atoms with Crippen molar-refractivity contribution in [2.75, 3.05) is 11.5 Å². The third kappa shape index (κ3) is 4.86. The van der Waals surface area contributed by atoms with Gasteiger partial charge in [-0.05, 0) is 70.1 Å². The number of benzene rings is 4. The minimum Gasteiger partial charge on any atom is -0.399 e. The van der Waals surface area contributed by atoms with Crippen LogP contribution in [0.1, 0.15) is 26.3 Å². The van der Waals surface area contributed by atoms with Crippen LogP contribution < -0.4 is 11.5 Å². The molecule has 4 aromatic carbocycles. The summed E-state index contributed by atoms with van der Waals surface area (Å²) >= 11 is 0. The van der Waals surface area contributed by atoms with Crippen molar-refractivity contribution in [2.45, 2.75) is 26.2 Å². The predicted molar refractivity (Wildman–Crippen MR) is 135 cm³/mol. The van der Waals surface area contributed by atoms with Gasteiger partial charge in [0.15, 0.2) is 0 Å². The highest BCUT2D eigenvalue weighted by atomic mass is 15.1. The molecule has 0 radical (unpaired) electrons. The van der Waals surface area contributed by atoms with Crippen LogP contribution in [0.4, 0.5) is 22.7 Å². The summed E-state index contributed by atoms with van der Waals surface area (Å²) in [4.78, 5) is 0. The molecular weight excluding hydrogens is 392 g/mol. The molecule has 4 aromatic rings. The first-order chi connectivity index (χ1) is 15.3. The van der Waals surface area contributed by atoms with Crippen LogP contribution in [-0.2, 0) is 5.41 Å². The molecule has 4 nitrogen and oxygen atoms in total. The number of azo groups is 1. The smallest absolute Gasteiger partial charge is 0.0941 e. The zero-order valence-electron chi connectivity index (χ0n) is 18.7. The van der Waals surface area contributed by atoms with E-state index in [9.17, 15) is 0 Å². The van der Waals surface area contributed by atoms with Crippen molar-refractivity contribution in [3.05, 3.63) is 96.6 Å². The molecule has 0 amide bonds. The first-order valence-electron chi connectivity index (χ1n) is 10.7. The van der Waals surface area contributed by atoms with Gasteiger partial charge >= 0.3 is 0 Å². The minimum atomic E-state index is 0.103. The van der Waals surface area contributed by atoms with E-state index in [-0.39, 0.29) is 5.41 Å². The topological polar surface area (TPSA) is 76.8 Å². The van der Waals surface area contributed by atoms with Crippen molar-refractivity contribution in [3.8, 4) is 22.3 Å². The normalized spacial score (nSPS) is 11.7. The molecule has 32 heavy (non-hydrogen) atoms. The molecule has 0 aromatic heterocycles. The number of nitrogen functional groups attached to an aromatic ring is 2. The van der Waals surface area contributed by atoms with E-state index >= 15 is 0 Å². The highest BCUT2D eigenvalue weighted by Crippen LogP contribution is 2.36. The Labute approximate surface area is 189 Å². The van der Waals surface area contributed by atoms with Gasteiger partial charge in [-0.2, -0.15) is 5.11 Å². The molecule has 4 heteroatoms. The quantitative estimate of drug-likeness (QED) is 0.260. The number of hydrogen-bond acceptors (Lipinski definition) is 4. The number of anilines is 2. The Bertz CT molecular complexity index is 1230. The van der Waals surface area contributed by atoms with E-state index in [4.69, 9.17) is 11.5 Å². The second kappa shape index (κ2) is 8.67. The van der Waals surface area contributed by atoms with E-state index in [2.05, 4.69) is 61.3 Å². The first-order valence-corrected chi connectivity index (χ1v) is 10.7. The number of nitrogens with two attached hydrogens (primary N) is 2. The van der Waals surface area contributed by atoms with Gasteiger partial charge in [0.2, 0.25) is 0 Å². The minimum absolute atomic E-state index is 0.103. The maximum absolute atomic E-state index is 5.88. The summed E-state index contributed by atoms with van der Waals surface area (Å²) in [5.74, 6) is 0. The van der Waals surface area contributed by atoms with Crippen molar-refractivity contribution >= 4 is 22.7 Å². The van der Waals surface area contributed by atoms with Crippen LogP contribution in [0.5, 0.6) is 0 Å². The highest BCUT2D eigenvalue weighted by Gasteiger charge is 2.13. The fourth-order valence-electron chi connectivity index (χ4n) is 3.52. The Morgan fingerprint density at radius 2 is 1.09 bits per heavy atom. The lowest BCUT2D eigenvalue weighted by molar-refractivity contribution is 0.590. The Morgan fingerprint density at radius 3 is 1.66 bits per heavy atom. The Morgan fingerprint density at radius 1 is 0.562 bits per heavy atom. The SMILES string of the molecule is CC(C)(C)c1ccc(N=Nc2cc(-c3ccc(N)cc3)ccc2-c2ccc(N)cc2)cc1. The maximum atomic E-state index is 5.88. The largest absolute Gasteiger partial charge is 0.399 e. The van der Waals surface area contributed by atoms with E-state index in [1.54, 1.807) is 0 Å². The molecule has 0 aliphatic carbocycles. The van der Waals surface area contributed by atoms with Crippen molar-refractivity contribution in [1.29, 1.82) is 0 Å². The second-order valence-corrected chi connectivity index (χ2v) is 8.97. The van der Waals surface area contributed by atoms with Gasteiger partial charge in [-0.1, -0.05) is 69.3 Å². The first kappa shape index (κ1) is 21.3. The van der Waals surface area contributed by atoms with Gasteiger partial charge in [0, 0.05) is 16.9 Å². The maximum Gasteiger partial charge on any atom is 0.0941 e. The zero-order valence-corrected chi connectivity index (χ0v) is 18.7. The van der Waals surface area contributed by atoms with Crippen LogP contribution in [0.25, 0.3) is 22.3 Å². The second-order valence-electron chi connectivity index (χ2n) is 8.97. The third-order valence-electron chi connectivity index (χ3n) is 5.47. The van der Waals surface area contributed by atoms with Gasteiger partial charge in [0.25, 0.3) is 0 Å². The molecule has 4 rings (SSSR count). The summed E-state index contributed by atoms with van der Waals surface area (Å²) in [6.07, 6.45) is 0. The lowest BCUT2D eigenvalue weighted by atomic mass is 9.87. The fraction of sp³-hybridized carbons (Fsp3) is 0.143. The van der Waals surface area contributed by atoms with E-state index in [0.717, 1.165) is 45.0 Å². The van der Waals surface area contributed by atoms with Crippen LogP contribution in [0.15, 0.2) is 101 Å². The fourth-order valence-corrected chi connectivity index (χ4v) is 3.52. The van der Waals surface area contributed by atoms with Gasteiger partial charge in [-0.15, -0.1) is 5.11 Å². The van der Waals surface area contributed by atoms with Crippen LogP contribution in [0, 0.1) is 0 Å². The number of rotatable bonds is 4. The predicted octanol–water partition coefficient (Wildman–Crippen LogP) is 7.90. The monoisotopic (exact) mass is 420 g/mol. The van der Waals surface area contributed by atoms with Gasteiger partial charge in [-0.3, -0.25) is 0 Å². The summed E-state index contributed by atoms with van der Waals surface area (Å²) in [5, 5.41) is 9.17. The number of nitrogens with zero attached hydrogens (tertiary/aromatic N) is 2. The van der Waals surface area contributed by atoms with Crippen molar-refractivity contribution in [1.82, 2.24) is 0 Å². The molecule has 0 bridgehead atoms. The molecule has 0 fully saturated rings. The Kier molecular flexibility index (Phi) is 5.78. The molecule has 0 atom stereocenters. The molecule has 4 N–H and O–H groups in total. The van der Waals surface area contributed by atoms with Gasteiger partial charge in [0.1, 0.15) is 0 Å². The summed E-state index contributed by atoms with van der Waals surface area (Å²) in [6.45, 7) is 6.60. The molecule has 0 heterocycles. The molecule has 0 saturated heterocycles. The van der Waals surface area contributed by atoms with E-state index in [1.807, 2.05) is 60.7 Å². The third-order valence-corrected chi connectivity index (χ3v) is 5.47. The Hall–Kier alpha value is -3.92. The molecule has 0 saturated carbocycles. The van der Waals surface area contributed by atoms with Crippen LogP contribution in [0.2, 0.25) is 0 Å².